The molecule has 0 bridgehead atoms. The van der Waals surface area contributed by atoms with Crippen LogP contribution in [0.2, 0.25) is 0 Å². The van der Waals surface area contributed by atoms with Gasteiger partial charge in [0, 0.05) is 12.6 Å². The molecule has 5 nitrogen and oxygen atoms in total. The first kappa shape index (κ1) is 17.1. The van der Waals surface area contributed by atoms with Gasteiger partial charge < -0.3 is 14.4 Å². The molecule has 2 rings (SSSR count). The maximum absolute atomic E-state index is 12.3. The van der Waals surface area contributed by atoms with Crippen LogP contribution in [0.4, 0.5) is 4.79 Å². The summed E-state index contributed by atoms with van der Waals surface area (Å²) in [5.74, 6) is -0.379. The molecule has 0 aliphatic carbocycles. The maximum Gasteiger partial charge on any atom is 0.410 e. The Labute approximate surface area is 136 Å². The van der Waals surface area contributed by atoms with Crippen molar-refractivity contribution in [1.82, 2.24) is 4.90 Å². The van der Waals surface area contributed by atoms with Gasteiger partial charge in [0.25, 0.3) is 0 Å². The predicted molar refractivity (Wildman–Crippen MR) is 86.7 cm³/mol. The van der Waals surface area contributed by atoms with E-state index in [1.54, 1.807) is 17.9 Å². The third kappa shape index (κ3) is 5.43. The van der Waals surface area contributed by atoms with Crippen LogP contribution in [-0.4, -0.2) is 36.2 Å². The van der Waals surface area contributed by atoms with Crippen molar-refractivity contribution < 1.29 is 19.1 Å². The van der Waals surface area contributed by atoms with E-state index in [1.165, 1.54) is 6.08 Å². The number of hydrogen-bond acceptors (Lipinski definition) is 4. The van der Waals surface area contributed by atoms with Gasteiger partial charge in [0.05, 0.1) is 12.6 Å². The van der Waals surface area contributed by atoms with Crippen molar-refractivity contribution in [3.05, 3.63) is 48.0 Å². The second-order valence-electron chi connectivity index (χ2n) is 5.41. The lowest BCUT2D eigenvalue weighted by Crippen LogP contribution is -2.43. The topological polar surface area (TPSA) is 55.8 Å². The molecular formula is C18H23NO4. The Balaban J connectivity index is 1.91. The average molecular weight is 317 g/mol. The number of carbonyl (C=O) groups is 2. The molecule has 0 saturated carbocycles. The highest BCUT2D eigenvalue weighted by molar-refractivity contribution is 5.82. The first-order valence-corrected chi connectivity index (χ1v) is 8.03. The number of rotatable bonds is 5. The number of nitrogens with zero attached hydrogens (tertiary/aromatic N) is 1. The first-order valence-electron chi connectivity index (χ1n) is 8.03. The standard InChI is InChI=1S/C18H23NO4/c1-2-22-17(20)12-11-16-10-6-7-13-19(16)18(21)23-14-15-8-4-3-5-9-15/h3-5,8-9,11-12,16H,2,6-7,10,13-14H2,1H3/b12-11+/t16-/m1/s1. The van der Waals surface area contributed by atoms with Gasteiger partial charge in [-0.05, 0) is 31.7 Å². The zero-order valence-electron chi connectivity index (χ0n) is 13.4. The summed E-state index contributed by atoms with van der Waals surface area (Å²) >= 11 is 0. The van der Waals surface area contributed by atoms with Crippen LogP contribution >= 0.6 is 0 Å². The second-order valence-corrected chi connectivity index (χ2v) is 5.41. The van der Waals surface area contributed by atoms with Crippen molar-refractivity contribution in [1.29, 1.82) is 0 Å². The monoisotopic (exact) mass is 317 g/mol. The fraction of sp³-hybridized carbons (Fsp3) is 0.444. The van der Waals surface area contributed by atoms with Gasteiger partial charge in [-0.15, -0.1) is 0 Å². The zero-order valence-corrected chi connectivity index (χ0v) is 13.4. The van der Waals surface area contributed by atoms with E-state index in [1.807, 2.05) is 30.3 Å². The normalized spacial score (nSPS) is 18.0. The summed E-state index contributed by atoms with van der Waals surface area (Å²) in [6, 6.07) is 9.47. The fourth-order valence-electron chi connectivity index (χ4n) is 2.57. The number of benzene rings is 1. The molecule has 23 heavy (non-hydrogen) atoms. The van der Waals surface area contributed by atoms with Crippen LogP contribution in [0.25, 0.3) is 0 Å². The number of hydrogen-bond donors (Lipinski definition) is 0. The predicted octanol–water partition coefficient (Wildman–Crippen LogP) is 3.30. The van der Waals surface area contributed by atoms with Crippen LogP contribution in [0, 0.1) is 0 Å². The van der Waals surface area contributed by atoms with Crippen LogP contribution in [0.15, 0.2) is 42.5 Å². The van der Waals surface area contributed by atoms with Gasteiger partial charge in [0.15, 0.2) is 0 Å². The molecule has 1 amide bonds. The van der Waals surface area contributed by atoms with Gasteiger partial charge >= 0.3 is 12.1 Å². The summed E-state index contributed by atoms with van der Waals surface area (Å²) in [5.41, 5.74) is 0.955. The Kier molecular flexibility index (Phi) is 6.66. The Hall–Kier alpha value is -2.30. The maximum atomic E-state index is 12.3. The highest BCUT2D eigenvalue weighted by Crippen LogP contribution is 2.19. The Morgan fingerprint density at radius 2 is 2.00 bits per heavy atom. The molecule has 1 fully saturated rings. The first-order chi connectivity index (χ1) is 11.2. The molecule has 1 aromatic rings. The Morgan fingerprint density at radius 3 is 2.74 bits per heavy atom. The second kappa shape index (κ2) is 8.98. The minimum atomic E-state index is -0.379. The van der Waals surface area contributed by atoms with Crippen LogP contribution in [-0.2, 0) is 20.9 Å². The number of likely N-dealkylation sites (tertiary alicyclic amines) is 1. The van der Waals surface area contributed by atoms with E-state index in [0.717, 1.165) is 24.8 Å². The van der Waals surface area contributed by atoms with Crippen molar-refractivity contribution in [3.8, 4) is 0 Å². The quantitative estimate of drug-likeness (QED) is 0.617. The van der Waals surface area contributed by atoms with E-state index in [-0.39, 0.29) is 24.7 Å². The zero-order chi connectivity index (χ0) is 16.5. The van der Waals surface area contributed by atoms with Gasteiger partial charge in [-0.3, -0.25) is 0 Å². The summed E-state index contributed by atoms with van der Waals surface area (Å²) in [4.78, 5) is 25.4. The lowest BCUT2D eigenvalue weighted by molar-refractivity contribution is -0.137. The molecule has 1 aromatic carbocycles. The third-order valence-electron chi connectivity index (χ3n) is 3.73. The SMILES string of the molecule is CCOC(=O)/C=C/[C@H]1CCCCN1C(=O)OCc1ccccc1. The van der Waals surface area contributed by atoms with Crippen molar-refractivity contribution >= 4 is 12.1 Å². The summed E-state index contributed by atoms with van der Waals surface area (Å²) < 4.78 is 10.3. The van der Waals surface area contributed by atoms with Gasteiger partial charge in [0.1, 0.15) is 6.61 Å². The van der Waals surface area contributed by atoms with Crippen molar-refractivity contribution in [2.45, 2.75) is 38.8 Å². The van der Waals surface area contributed by atoms with E-state index >= 15 is 0 Å². The van der Waals surface area contributed by atoms with Gasteiger partial charge in [-0.1, -0.05) is 36.4 Å². The molecule has 1 heterocycles. The Morgan fingerprint density at radius 1 is 1.22 bits per heavy atom. The molecule has 0 N–H and O–H groups in total. The van der Waals surface area contributed by atoms with Crippen LogP contribution in [0.5, 0.6) is 0 Å². The third-order valence-corrected chi connectivity index (χ3v) is 3.73. The molecule has 1 aliphatic heterocycles. The van der Waals surface area contributed by atoms with Gasteiger partial charge in [-0.2, -0.15) is 0 Å². The number of ether oxygens (including phenoxy) is 2. The number of amides is 1. The molecule has 0 radical (unpaired) electrons. The molecule has 0 aromatic heterocycles. The minimum absolute atomic E-state index is 0.114. The molecule has 1 saturated heterocycles. The summed E-state index contributed by atoms with van der Waals surface area (Å²) in [7, 11) is 0. The van der Waals surface area contributed by atoms with Crippen LogP contribution in [0.3, 0.4) is 0 Å². The highest BCUT2D eigenvalue weighted by Gasteiger charge is 2.26. The molecule has 0 spiro atoms. The minimum Gasteiger partial charge on any atom is -0.463 e. The van der Waals surface area contributed by atoms with Gasteiger partial charge in [-0.25, -0.2) is 9.59 Å². The van der Waals surface area contributed by atoms with Crippen molar-refractivity contribution in [2.75, 3.05) is 13.2 Å². The smallest absolute Gasteiger partial charge is 0.410 e. The summed E-state index contributed by atoms with van der Waals surface area (Å²) in [5, 5.41) is 0. The van der Waals surface area contributed by atoms with Crippen LogP contribution < -0.4 is 0 Å². The molecule has 5 heteroatoms. The summed E-state index contributed by atoms with van der Waals surface area (Å²) in [6.07, 6.45) is 5.60. The number of carbonyl (C=O) groups excluding carboxylic acids is 2. The van der Waals surface area contributed by atoms with E-state index in [4.69, 9.17) is 9.47 Å². The number of piperidine rings is 1. The largest absolute Gasteiger partial charge is 0.463 e. The average Bonchev–Trinajstić information content (AvgIpc) is 2.59. The Bertz CT molecular complexity index is 541. The lowest BCUT2D eigenvalue weighted by Gasteiger charge is -2.33. The van der Waals surface area contributed by atoms with E-state index in [0.29, 0.717) is 13.2 Å². The van der Waals surface area contributed by atoms with E-state index in [2.05, 4.69) is 0 Å². The molecular weight excluding hydrogens is 294 g/mol. The van der Waals surface area contributed by atoms with Crippen LogP contribution in [0.1, 0.15) is 31.7 Å². The number of esters is 1. The van der Waals surface area contributed by atoms with E-state index in [9.17, 15) is 9.59 Å². The van der Waals surface area contributed by atoms with Crippen molar-refractivity contribution in [3.63, 3.8) is 0 Å². The fourth-order valence-corrected chi connectivity index (χ4v) is 2.57. The highest BCUT2D eigenvalue weighted by atomic mass is 16.6. The van der Waals surface area contributed by atoms with Crippen molar-refractivity contribution in [2.24, 2.45) is 0 Å². The van der Waals surface area contributed by atoms with Gasteiger partial charge in [0.2, 0.25) is 0 Å². The van der Waals surface area contributed by atoms with E-state index < -0.39 is 0 Å². The molecule has 0 unspecified atom stereocenters. The summed E-state index contributed by atoms with van der Waals surface area (Å²) in [6.45, 7) is 3.01. The molecule has 124 valence electrons. The molecule has 1 atom stereocenters. The molecule has 1 aliphatic rings. The lowest BCUT2D eigenvalue weighted by atomic mass is 10.0.